The summed E-state index contributed by atoms with van der Waals surface area (Å²) in [5.74, 6) is -0.124. The molecule has 0 N–H and O–H groups in total. The third-order valence-electron chi connectivity index (χ3n) is 2.64. The first kappa shape index (κ1) is 11.5. The van der Waals surface area contributed by atoms with Crippen molar-refractivity contribution in [3.05, 3.63) is 30.3 Å². The van der Waals surface area contributed by atoms with Gasteiger partial charge in [-0.05, 0) is 36.9 Å². The van der Waals surface area contributed by atoms with E-state index in [0.29, 0.717) is 0 Å². The van der Waals surface area contributed by atoms with E-state index in [1.807, 2.05) is 18.2 Å². The SMILES string of the molecule is COC(=O)[C@@H]1CCCN1Sc1ccccc1. The number of esters is 1. The van der Waals surface area contributed by atoms with E-state index >= 15 is 0 Å². The molecule has 0 aliphatic carbocycles. The highest BCUT2D eigenvalue weighted by Crippen LogP contribution is 2.31. The van der Waals surface area contributed by atoms with E-state index in [0.717, 1.165) is 19.4 Å². The molecule has 1 aromatic carbocycles. The van der Waals surface area contributed by atoms with E-state index in [4.69, 9.17) is 4.74 Å². The van der Waals surface area contributed by atoms with Crippen molar-refractivity contribution in [1.82, 2.24) is 4.31 Å². The molecule has 1 aromatic rings. The maximum Gasteiger partial charge on any atom is 0.323 e. The van der Waals surface area contributed by atoms with Crippen LogP contribution in [0.4, 0.5) is 0 Å². The van der Waals surface area contributed by atoms with Crippen LogP contribution in [0, 0.1) is 0 Å². The Hall–Kier alpha value is -1.00. The highest BCUT2D eigenvalue weighted by molar-refractivity contribution is 7.97. The summed E-state index contributed by atoms with van der Waals surface area (Å²) in [5, 5.41) is 0. The molecule has 86 valence electrons. The highest BCUT2D eigenvalue weighted by atomic mass is 32.2. The van der Waals surface area contributed by atoms with Crippen LogP contribution < -0.4 is 0 Å². The topological polar surface area (TPSA) is 29.5 Å². The molecule has 16 heavy (non-hydrogen) atoms. The summed E-state index contributed by atoms with van der Waals surface area (Å²) in [5.41, 5.74) is 0. The number of hydrogen-bond acceptors (Lipinski definition) is 4. The standard InChI is InChI=1S/C12H15NO2S/c1-15-12(14)11-8-5-9-13(11)16-10-6-3-2-4-7-10/h2-4,6-7,11H,5,8-9H2,1H3/t11-/m0/s1. The van der Waals surface area contributed by atoms with Crippen molar-refractivity contribution in [1.29, 1.82) is 0 Å². The number of methoxy groups -OCH3 is 1. The van der Waals surface area contributed by atoms with Gasteiger partial charge < -0.3 is 4.74 Å². The summed E-state index contributed by atoms with van der Waals surface area (Å²) in [6, 6.07) is 10.0. The van der Waals surface area contributed by atoms with Gasteiger partial charge in [0.25, 0.3) is 0 Å². The Morgan fingerprint density at radius 1 is 1.44 bits per heavy atom. The van der Waals surface area contributed by atoms with Crippen LogP contribution in [0.15, 0.2) is 35.2 Å². The normalized spacial score (nSPS) is 20.9. The molecular formula is C12H15NO2S. The molecule has 1 aliphatic rings. The summed E-state index contributed by atoms with van der Waals surface area (Å²) in [7, 11) is 1.45. The number of carbonyl (C=O) groups is 1. The van der Waals surface area contributed by atoms with Crippen LogP contribution in [0.5, 0.6) is 0 Å². The number of benzene rings is 1. The molecule has 4 heteroatoms. The maximum absolute atomic E-state index is 11.5. The smallest absolute Gasteiger partial charge is 0.323 e. The van der Waals surface area contributed by atoms with Crippen molar-refractivity contribution in [2.24, 2.45) is 0 Å². The van der Waals surface area contributed by atoms with E-state index in [1.165, 1.54) is 12.0 Å². The Morgan fingerprint density at radius 3 is 2.88 bits per heavy atom. The average Bonchev–Trinajstić information content (AvgIpc) is 2.77. The second-order valence-corrected chi connectivity index (χ2v) is 4.85. The van der Waals surface area contributed by atoms with Crippen molar-refractivity contribution in [2.45, 2.75) is 23.8 Å². The first-order valence-electron chi connectivity index (χ1n) is 5.39. The second-order valence-electron chi connectivity index (χ2n) is 3.73. The van der Waals surface area contributed by atoms with Crippen LogP contribution in [0.2, 0.25) is 0 Å². The zero-order valence-electron chi connectivity index (χ0n) is 9.26. The minimum atomic E-state index is -0.124. The molecule has 3 nitrogen and oxygen atoms in total. The van der Waals surface area contributed by atoms with E-state index in [9.17, 15) is 4.79 Å². The minimum Gasteiger partial charge on any atom is -0.468 e. The zero-order chi connectivity index (χ0) is 11.4. The number of ether oxygens (including phenoxy) is 1. The molecular weight excluding hydrogens is 222 g/mol. The van der Waals surface area contributed by atoms with Crippen LogP contribution in [-0.4, -0.2) is 30.0 Å². The Balaban J connectivity index is 2.01. The van der Waals surface area contributed by atoms with Gasteiger partial charge >= 0.3 is 5.97 Å². The van der Waals surface area contributed by atoms with Crippen LogP contribution >= 0.6 is 11.9 Å². The van der Waals surface area contributed by atoms with Crippen molar-refractivity contribution >= 4 is 17.9 Å². The molecule has 1 fully saturated rings. The minimum absolute atomic E-state index is 0.0878. The largest absolute Gasteiger partial charge is 0.468 e. The molecule has 2 rings (SSSR count). The maximum atomic E-state index is 11.5. The van der Waals surface area contributed by atoms with Gasteiger partial charge in [-0.1, -0.05) is 18.2 Å². The Labute approximate surface area is 99.9 Å². The van der Waals surface area contributed by atoms with E-state index in [-0.39, 0.29) is 12.0 Å². The van der Waals surface area contributed by atoms with Gasteiger partial charge in [-0.15, -0.1) is 0 Å². The van der Waals surface area contributed by atoms with Crippen LogP contribution in [0.1, 0.15) is 12.8 Å². The molecule has 0 saturated carbocycles. The van der Waals surface area contributed by atoms with Crippen LogP contribution in [0.3, 0.4) is 0 Å². The third kappa shape index (κ3) is 2.57. The molecule has 0 bridgehead atoms. The van der Waals surface area contributed by atoms with Crippen molar-refractivity contribution in [2.75, 3.05) is 13.7 Å². The summed E-state index contributed by atoms with van der Waals surface area (Å²) in [4.78, 5) is 12.7. The molecule has 0 amide bonds. The second kappa shape index (κ2) is 5.37. The summed E-state index contributed by atoms with van der Waals surface area (Å²) >= 11 is 1.64. The Bertz CT molecular complexity index is 355. The fraction of sp³-hybridized carbons (Fsp3) is 0.417. The number of hydrogen-bond donors (Lipinski definition) is 0. The Kier molecular flexibility index (Phi) is 3.85. The summed E-state index contributed by atoms with van der Waals surface area (Å²) in [6.07, 6.45) is 1.95. The highest BCUT2D eigenvalue weighted by Gasteiger charge is 2.32. The van der Waals surface area contributed by atoms with E-state index < -0.39 is 0 Å². The number of nitrogens with zero attached hydrogens (tertiary/aromatic N) is 1. The lowest BCUT2D eigenvalue weighted by Crippen LogP contribution is -2.31. The molecule has 1 aliphatic heterocycles. The zero-order valence-corrected chi connectivity index (χ0v) is 10.1. The monoisotopic (exact) mass is 237 g/mol. The summed E-state index contributed by atoms with van der Waals surface area (Å²) in [6.45, 7) is 0.944. The van der Waals surface area contributed by atoms with Crippen LogP contribution in [-0.2, 0) is 9.53 Å². The lowest BCUT2D eigenvalue weighted by molar-refractivity contribution is -0.144. The van der Waals surface area contributed by atoms with Gasteiger partial charge in [0.15, 0.2) is 0 Å². The molecule has 1 saturated heterocycles. The van der Waals surface area contributed by atoms with Gasteiger partial charge in [0.1, 0.15) is 6.04 Å². The fourth-order valence-corrected chi connectivity index (χ4v) is 2.93. The van der Waals surface area contributed by atoms with Gasteiger partial charge in [-0.25, -0.2) is 4.31 Å². The third-order valence-corrected chi connectivity index (χ3v) is 3.80. The molecule has 0 unspecified atom stereocenters. The quantitative estimate of drug-likeness (QED) is 0.596. The van der Waals surface area contributed by atoms with Crippen LogP contribution in [0.25, 0.3) is 0 Å². The predicted molar refractivity (Wildman–Crippen MR) is 64.0 cm³/mol. The van der Waals surface area contributed by atoms with Gasteiger partial charge in [0, 0.05) is 11.4 Å². The molecule has 0 radical (unpaired) electrons. The number of rotatable bonds is 3. The van der Waals surface area contributed by atoms with Gasteiger partial charge in [-0.3, -0.25) is 4.79 Å². The first-order valence-corrected chi connectivity index (χ1v) is 6.16. The lowest BCUT2D eigenvalue weighted by atomic mass is 10.2. The Morgan fingerprint density at radius 2 is 2.19 bits per heavy atom. The summed E-state index contributed by atoms with van der Waals surface area (Å²) < 4.78 is 6.92. The predicted octanol–water partition coefficient (Wildman–Crippen LogP) is 2.33. The average molecular weight is 237 g/mol. The van der Waals surface area contributed by atoms with Crippen molar-refractivity contribution < 1.29 is 9.53 Å². The molecule has 1 atom stereocenters. The fourth-order valence-electron chi connectivity index (χ4n) is 1.84. The lowest BCUT2D eigenvalue weighted by Gasteiger charge is -2.20. The molecule has 0 aromatic heterocycles. The van der Waals surface area contributed by atoms with Gasteiger partial charge in [0.05, 0.1) is 7.11 Å². The van der Waals surface area contributed by atoms with Gasteiger partial charge in [-0.2, -0.15) is 0 Å². The van der Waals surface area contributed by atoms with E-state index in [2.05, 4.69) is 16.4 Å². The molecule has 0 spiro atoms. The first-order chi connectivity index (χ1) is 7.81. The van der Waals surface area contributed by atoms with Crippen molar-refractivity contribution in [3.63, 3.8) is 0 Å². The molecule has 1 heterocycles. The van der Waals surface area contributed by atoms with Gasteiger partial charge in [0.2, 0.25) is 0 Å². The van der Waals surface area contributed by atoms with E-state index in [1.54, 1.807) is 11.9 Å². The number of carbonyl (C=O) groups excluding carboxylic acids is 1. The van der Waals surface area contributed by atoms with Crippen molar-refractivity contribution in [3.8, 4) is 0 Å².